The smallest absolute Gasteiger partial charge is 0.420 e. The zero-order valence-electron chi connectivity index (χ0n) is 20.8. The van der Waals surface area contributed by atoms with Crippen LogP contribution in [0.2, 0.25) is 0 Å². The van der Waals surface area contributed by atoms with E-state index in [1.807, 2.05) is 42.0 Å². The van der Waals surface area contributed by atoms with E-state index in [0.29, 0.717) is 18.0 Å². The van der Waals surface area contributed by atoms with Crippen molar-refractivity contribution < 1.29 is 17.9 Å². The molecule has 0 saturated carbocycles. The number of carbonyl (C=O) groups excluding carboxylic acids is 1. The minimum Gasteiger partial charge on any atom is -0.452 e. The molecule has 1 amide bonds. The van der Waals surface area contributed by atoms with Crippen molar-refractivity contribution in [2.24, 2.45) is 5.92 Å². The highest BCUT2D eigenvalue weighted by molar-refractivity contribution is 7.92. The molecule has 0 saturated heterocycles. The average Bonchev–Trinajstić information content (AvgIpc) is 3.31. The second-order valence-corrected chi connectivity index (χ2v) is 12.9. The Balaban J connectivity index is 1.96. The number of amides is 1. The quantitative estimate of drug-likeness (QED) is 0.459. The molecular formula is C25H33N3O4S2. The number of imidazole rings is 1. The third-order valence-corrected chi connectivity index (χ3v) is 8.20. The fraction of sp³-hybridized carbons (Fsp3) is 0.440. The molecule has 9 heteroatoms. The largest absolute Gasteiger partial charge is 0.452 e. The summed E-state index contributed by atoms with van der Waals surface area (Å²) in [5, 5.41) is 0. The topological polar surface area (TPSA) is 90.3 Å². The van der Waals surface area contributed by atoms with Gasteiger partial charge in [-0.3, -0.25) is 0 Å². The van der Waals surface area contributed by atoms with E-state index in [2.05, 4.69) is 50.1 Å². The predicted molar refractivity (Wildman–Crippen MR) is 136 cm³/mol. The van der Waals surface area contributed by atoms with E-state index in [1.54, 1.807) is 0 Å². The second kappa shape index (κ2) is 9.92. The number of rotatable bonds is 7. The zero-order valence-corrected chi connectivity index (χ0v) is 22.4. The van der Waals surface area contributed by atoms with Gasteiger partial charge in [-0.25, -0.2) is 22.9 Å². The lowest BCUT2D eigenvalue weighted by molar-refractivity contribution is 0.177. The van der Waals surface area contributed by atoms with Gasteiger partial charge in [0.1, 0.15) is 10.0 Å². The molecule has 34 heavy (non-hydrogen) atoms. The van der Waals surface area contributed by atoms with Crippen LogP contribution in [0.1, 0.15) is 56.6 Å². The number of methoxy groups -OCH3 is 1. The van der Waals surface area contributed by atoms with E-state index in [1.165, 1.54) is 11.3 Å². The van der Waals surface area contributed by atoms with Crippen LogP contribution in [0.4, 0.5) is 4.79 Å². The number of nitrogens with one attached hydrogen (secondary N) is 1. The Bertz CT molecular complexity index is 1260. The molecule has 1 N–H and O–H groups in total. The summed E-state index contributed by atoms with van der Waals surface area (Å²) < 4.78 is 34.6. The van der Waals surface area contributed by atoms with Gasteiger partial charge in [-0.1, -0.05) is 58.9 Å². The SMILES string of the molecule is COC(=O)NS(=O)(=O)c1sc(CC(C)C)cc1-c1ccc(Cn2cc(C)nc2C(C)(C)C)cc1. The Morgan fingerprint density at radius 1 is 1.21 bits per heavy atom. The average molecular weight is 504 g/mol. The summed E-state index contributed by atoms with van der Waals surface area (Å²) in [6, 6.07) is 9.76. The van der Waals surface area contributed by atoms with Gasteiger partial charge in [-0.05, 0) is 36.5 Å². The molecule has 0 aliphatic carbocycles. The highest BCUT2D eigenvalue weighted by Crippen LogP contribution is 2.36. The van der Waals surface area contributed by atoms with Crippen LogP contribution in [0.25, 0.3) is 11.1 Å². The van der Waals surface area contributed by atoms with Crippen LogP contribution in [0.3, 0.4) is 0 Å². The molecule has 7 nitrogen and oxygen atoms in total. The third kappa shape index (κ3) is 6.07. The van der Waals surface area contributed by atoms with Crippen molar-refractivity contribution in [2.75, 3.05) is 7.11 Å². The molecule has 1 aromatic carbocycles. The zero-order chi connectivity index (χ0) is 25.3. The van der Waals surface area contributed by atoms with Crippen LogP contribution < -0.4 is 4.72 Å². The number of aryl methyl sites for hydroxylation is 1. The van der Waals surface area contributed by atoms with Crippen molar-refractivity contribution in [3.63, 3.8) is 0 Å². The van der Waals surface area contributed by atoms with E-state index in [9.17, 15) is 13.2 Å². The molecule has 184 valence electrons. The lowest BCUT2D eigenvalue weighted by Crippen LogP contribution is -2.30. The van der Waals surface area contributed by atoms with Crippen LogP contribution in [0.5, 0.6) is 0 Å². The second-order valence-electron chi connectivity index (χ2n) is 9.89. The minimum absolute atomic E-state index is 0.0758. The van der Waals surface area contributed by atoms with Gasteiger partial charge in [-0.2, -0.15) is 0 Å². The summed E-state index contributed by atoms with van der Waals surface area (Å²) in [4.78, 5) is 17.3. The third-order valence-electron chi connectivity index (χ3n) is 5.19. The van der Waals surface area contributed by atoms with Crippen LogP contribution in [-0.4, -0.2) is 31.2 Å². The Hall–Kier alpha value is -2.65. The Kier molecular flexibility index (Phi) is 7.57. The van der Waals surface area contributed by atoms with Crippen LogP contribution in [-0.2, 0) is 33.1 Å². The number of carbonyl (C=O) groups is 1. The molecule has 3 rings (SSSR count). The fourth-order valence-corrected chi connectivity index (χ4v) is 6.64. The first-order valence-electron chi connectivity index (χ1n) is 11.2. The first kappa shape index (κ1) is 26.0. The standard InChI is InChI=1S/C25H33N3O4S2/c1-16(2)12-20-13-21(22(33-20)34(30,31)27-24(29)32-7)19-10-8-18(9-11-19)15-28-14-17(3)26-23(28)25(4,5)6/h8-11,13-14,16H,12,15H2,1-7H3,(H,27,29). The number of nitrogens with zero attached hydrogens (tertiary/aromatic N) is 2. The summed E-state index contributed by atoms with van der Waals surface area (Å²) in [7, 11) is -2.93. The molecule has 2 heterocycles. The van der Waals surface area contributed by atoms with E-state index < -0.39 is 16.1 Å². The molecule has 2 aromatic heterocycles. The van der Waals surface area contributed by atoms with Crippen molar-refractivity contribution in [1.82, 2.24) is 14.3 Å². The maximum Gasteiger partial charge on any atom is 0.420 e. The van der Waals surface area contributed by atoms with Crippen molar-refractivity contribution in [3.05, 3.63) is 58.5 Å². The summed E-state index contributed by atoms with van der Waals surface area (Å²) >= 11 is 1.19. The lowest BCUT2D eigenvalue weighted by atomic mass is 9.95. The molecule has 0 aliphatic heterocycles. The number of thiophene rings is 1. The van der Waals surface area contributed by atoms with Gasteiger partial charge in [0.05, 0.1) is 12.8 Å². The van der Waals surface area contributed by atoms with Crippen molar-refractivity contribution >= 4 is 27.5 Å². The lowest BCUT2D eigenvalue weighted by Gasteiger charge is -2.20. The fourth-order valence-electron chi connectivity index (χ4n) is 3.78. The molecule has 0 spiro atoms. The first-order chi connectivity index (χ1) is 15.8. The van der Waals surface area contributed by atoms with Gasteiger partial charge in [0.15, 0.2) is 0 Å². The van der Waals surface area contributed by atoms with Gasteiger partial charge in [0.2, 0.25) is 0 Å². The molecule has 0 bridgehead atoms. The first-order valence-corrected chi connectivity index (χ1v) is 13.5. The number of ether oxygens (including phenoxy) is 1. The van der Waals surface area contributed by atoms with Gasteiger partial charge in [0.25, 0.3) is 10.0 Å². The van der Waals surface area contributed by atoms with E-state index >= 15 is 0 Å². The van der Waals surface area contributed by atoms with Crippen molar-refractivity contribution in [3.8, 4) is 11.1 Å². The number of hydrogen-bond acceptors (Lipinski definition) is 6. The predicted octanol–water partition coefficient (Wildman–Crippen LogP) is 5.51. The van der Waals surface area contributed by atoms with Gasteiger partial charge in [-0.15, -0.1) is 11.3 Å². The van der Waals surface area contributed by atoms with E-state index in [4.69, 9.17) is 4.98 Å². The number of benzene rings is 1. The molecule has 0 aliphatic rings. The maximum absolute atomic E-state index is 12.9. The summed E-state index contributed by atoms with van der Waals surface area (Å²) in [5.74, 6) is 1.39. The molecule has 0 fully saturated rings. The Labute approximate surface area is 206 Å². The number of sulfonamides is 1. The molecular weight excluding hydrogens is 470 g/mol. The maximum atomic E-state index is 12.9. The number of hydrogen-bond donors (Lipinski definition) is 1. The van der Waals surface area contributed by atoms with Gasteiger partial charge >= 0.3 is 6.09 Å². The Morgan fingerprint density at radius 3 is 2.41 bits per heavy atom. The van der Waals surface area contributed by atoms with Gasteiger partial charge in [0, 0.05) is 28.6 Å². The normalized spacial score (nSPS) is 12.2. The van der Waals surface area contributed by atoms with Gasteiger partial charge < -0.3 is 9.30 Å². The van der Waals surface area contributed by atoms with Crippen LogP contribution in [0.15, 0.2) is 40.7 Å². The molecule has 0 atom stereocenters. The minimum atomic E-state index is -4.06. The Morgan fingerprint density at radius 2 is 1.85 bits per heavy atom. The van der Waals surface area contributed by atoms with Crippen molar-refractivity contribution in [1.29, 1.82) is 0 Å². The highest BCUT2D eigenvalue weighted by atomic mass is 32.2. The van der Waals surface area contributed by atoms with Crippen LogP contribution >= 0.6 is 11.3 Å². The van der Waals surface area contributed by atoms with E-state index in [-0.39, 0.29) is 9.62 Å². The molecule has 0 unspecified atom stereocenters. The number of aromatic nitrogens is 2. The summed E-state index contributed by atoms with van der Waals surface area (Å²) in [6.07, 6.45) is 1.79. The molecule has 0 radical (unpaired) electrons. The summed E-state index contributed by atoms with van der Waals surface area (Å²) in [6.45, 7) is 13.3. The van der Waals surface area contributed by atoms with E-state index in [0.717, 1.165) is 41.1 Å². The highest BCUT2D eigenvalue weighted by Gasteiger charge is 2.26. The van der Waals surface area contributed by atoms with Crippen molar-refractivity contribution in [2.45, 2.75) is 64.1 Å². The molecule has 3 aromatic rings. The monoisotopic (exact) mass is 503 g/mol. The van der Waals surface area contributed by atoms with Crippen LogP contribution in [0, 0.1) is 12.8 Å². The summed E-state index contributed by atoms with van der Waals surface area (Å²) in [5.41, 5.74) is 3.34.